The fourth-order valence-corrected chi connectivity index (χ4v) is 1.32. The van der Waals surface area contributed by atoms with Gasteiger partial charge in [-0.3, -0.25) is 9.59 Å². The SMILES string of the molecule is CC(N)CCC(=O)NCCNC(=O)c1ccco1. The molecule has 6 nitrogen and oxygen atoms in total. The molecule has 0 bridgehead atoms. The molecule has 6 heteroatoms. The highest BCUT2D eigenvalue weighted by atomic mass is 16.3. The van der Waals surface area contributed by atoms with E-state index in [0.717, 1.165) is 0 Å². The first-order valence-electron chi connectivity index (χ1n) is 5.93. The minimum atomic E-state index is -0.287. The van der Waals surface area contributed by atoms with Crippen molar-refractivity contribution in [2.24, 2.45) is 5.73 Å². The molecule has 1 atom stereocenters. The smallest absolute Gasteiger partial charge is 0.287 e. The summed E-state index contributed by atoms with van der Waals surface area (Å²) in [5, 5.41) is 5.33. The summed E-state index contributed by atoms with van der Waals surface area (Å²) in [6.45, 7) is 2.62. The van der Waals surface area contributed by atoms with Crippen molar-refractivity contribution in [3.05, 3.63) is 24.2 Å². The van der Waals surface area contributed by atoms with Gasteiger partial charge in [0.25, 0.3) is 5.91 Å². The highest BCUT2D eigenvalue weighted by Gasteiger charge is 2.07. The third-order valence-corrected chi connectivity index (χ3v) is 2.30. The standard InChI is InChI=1S/C12H19N3O3/c1-9(13)4-5-11(16)14-6-7-15-12(17)10-3-2-8-18-10/h2-3,8-9H,4-7,13H2,1H3,(H,14,16)(H,15,17). The number of furan rings is 1. The fourth-order valence-electron chi connectivity index (χ4n) is 1.32. The number of nitrogens with two attached hydrogens (primary N) is 1. The lowest BCUT2D eigenvalue weighted by molar-refractivity contribution is -0.121. The molecule has 0 aliphatic heterocycles. The summed E-state index contributed by atoms with van der Waals surface area (Å²) in [7, 11) is 0. The van der Waals surface area contributed by atoms with Crippen LogP contribution in [0.15, 0.2) is 22.8 Å². The molecule has 0 fully saturated rings. The first kappa shape index (κ1) is 14.2. The average molecular weight is 253 g/mol. The highest BCUT2D eigenvalue weighted by Crippen LogP contribution is 1.98. The molecule has 18 heavy (non-hydrogen) atoms. The first-order chi connectivity index (χ1) is 8.59. The quantitative estimate of drug-likeness (QED) is 0.607. The molecule has 1 heterocycles. The summed E-state index contributed by atoms with van der Waals surface area (Å²) >= 11 is 0. The Morgan fingerprint density at radius 3 is 2.72 bits per heavy atom. The Labute approximate surface area is 106 Å². The molecule has 1 rings (SSSR count). The third-order valence-electron chi connectivity index (χ3n) is 2.30. The van der Waals surface area contributed by atoms with Crippen LogP contribution in [0.4, 0.5) is 0 Å². The minimum Gasteiger partial charge on any atom is -0.459 e. The van der Waals surface area contributed by atoms with Gasteiger partial charge in [0.1, 0.15) is 0 Å². The molecule has 1 aromatic heterocycles. The molecular formula is C12H19N3O3. The van der Waals surface area contributed by atoms with Gasteiger partial charge in [-0.25, -0.2) is 0 Å². The second-order valence-corrected chi connectivity index (χ2v) is 4.10. The van der Waals surface area contributed by atoms with Crippen LogP contribution in [0.3, 0.4) is 0 Å². The lowest BCUT2D eigenvalue weighted by Gasteiger charge is -2.07. The number of hydrogen-bond acceptors (Lipinski definition) is 4. The monoisotopic (exact) mass is 253 g/mol. The molecule has 1 aromatic rings. The van der Waals surface area contributed by atoms with Crippen LogP contribution in [0.25, 0.3) is 0 Å². The Balaban J connectivity index is 2.08. The Bertz CT molecular complexity index is 374. The minimum absolute atomic E-state index is 0.0226. The van der Waals surface area contributed by atoms with E-state index in [0.29, 0.717) is 25.9 Å². The van der Waals surface area contributed by atoms with Gasteiger partial charge in [0.15, 0.2) is 5.76 Å². The van der Waals surface area contributed by atoms with E-state index in [2.05, 4.69) is 10.6 Å². The largest absolute Gasteiger partial charge is 0.459 e. The van der Waals surface area contributed by atoms with Gasteiger partial charge in [-0.1, -0.05) is 0 Å². The molecule has 1 unspecified atom stereocenters. The molecular weight excluding hydrogens is 234 g/mol. The van der Waals surface area contributed by atoms with E-state index in [1.54, 1.807) is 12.1 Å². The topological polar surface area (TPSA) is 97.4 Å². The third kappa shape index (κ3) is 5.49. The number of carbonyl (C=O) groups excluding carboxylic acids is 2. The number of hydrogen-bond donors (Lipinski definition) is 3. The van der Waals surface area contributed by atoms with Crippen LogP contribution in [-0.2, 0) is 4.79 Å². The van der Waals surface area contributed by atoms with Gasteiger partial charge in [-0.05, 0) is 25.5 Å². The van der Waals surface area contributed by atoms with Crippen LogP contribution in [-0.4, -0.2) is 30.9 Å². The van der Waals surface area contributed by atoms with Crippen LogP contribution in [0.5, 0.6) is 0 Å². The molecule has 0 aliphatic carbocycles. The summed E-state index contributed by atoms with van der Waals surface area (Å²) in [6, 6.07) is 3.25. The molecule has 100 valence electrons. The maximum absolute atomic E-state index is 11.4. The molecule has 4 N–H and O–H groups in total. The van der Waals surface area contributed by atoms with Crippen molar-refractivity contribution < 1.29 is 14.0 Å². The second kappa shape index (κ2) is 7.50. The van der Waals surface area contributed by atoms with Crippen molar-refractivity contribution >= 4 is 11.8 Å². The zero-order valence-corrected chi connectivity index (χ0v) is 10.4. The fraction of sp³-hybridized carbons (Fsp3) is 0.500. The summed E-state index contributed by atoms with van der Waals surface area (Å²) in [4.78, 5) is 22.8. The summed E-state index contributed by atoms with van der Waals surface area (Å²) in [5.74, 6) is -0.0809. The van der Waals surface area contributed by atoms with Gasteiger partial charge in [-0.15, -0.1) is 0 Å². The van der Waals surface area contributed by atoms with E-state index in [1.165, 1.54) is 6.26 Å². The van der Waals surface area contributed by atoms with E-state index in [1.807, 2.05) is 6.92 Å². The van der Waals surface area contributed by atoms with Gasteiger partial charge >= 0.3 is 0 Å². The Kier molecular flexibility index (Phi) is 5.93. The molecule has 0 saturated carbocycles. The first-order valence-corrected chi connectivity index (χ1v) is 5.93. The van der Waals surface area contributed by atoms with Crippen molar-refractivity contribution in [3.63, 3.8) is 0 Å². The number of nitrogens with one attached hydrogen (secondary N) is 2. The maximum Gasteiger partial charge on any atom is 0.287 e. The summed E-state index contributed by atoms with van der Waals surface area (Å²) < 4.78 is 4.93. The Hall–Kier alpha value is -1.82. The summed E-state index contributed by atoms with van der Waals surface area (Å²) in [6.07, 6.45) is 2.50. The normalized spacial score (nSPS) is 11.9. The van der Waals surface area contributed by atoms with E-state index in [-0.39, 0.29) is 23.6 Å². The molecule has 0 aliphatic rings. The zero-order valence-electron chi connectivity index (χ0n) is 10.4. The number of rotatable bonds is 7. The van der Waals surface area contributed by atoms with Gasteiger partial charge in [-0.2, -0.15) is 0 Å². The van der Waals surface area contributed by atoms with Crippen LogP contribution in [0.2, 0.25) is 0 Å². The molecule has 0 aromatic carbocycles. The van der Waals surface area contributed by atoms with Crippen molar-refractivity contribution in [3.8, 4) is 0 Å². The lowest BCUT2D eigenvalue weighted by atomic mass is 10.2. The van der Waals surface area contributed by atoms with Crippen molar-refractivity contribution in [1.82, 2.24) is 10.6 Å². The van der Waals surface area contributed by atoms with Crippen molar-refractivity contribution in [2.75, 3.05) is 13.1 Å². The predicted molar refractivity (Wildman–Crippen MR) is 66.9 cm³/mol. The maximum atomic E-state index is 11.4. The van der Waals surface area contributed by atoms with E-state index >= 15 is 0 Å². The molecule has 2 amide bonds. The van der Waals surface area contributed by atoms with Gasteiger partial charge in [0.2, 0.25) is 5.91 Å². The highest BCUT2D eigenvalue weighted by molar-refractivity contribution is 5.91. The van der Waals surface area contributed by atoms with Crippen LogP contribution in [0, 0.1) is 0 Å². The van der Waals surface area contributed by atoms with Crippen LogP contribution >= 0.6 is 0 Å². The van der Waals surface area contributed by atoms with Crippen LogP contribution < -0.4 is 16.4 Å². The van der Waals surface area contributed by atoms with Gasteiger partial charge in [0, 0.05) is 25.6 Å². The van der Waals surface area contributed by atoms with E-state index < -0.39 is 0 Å². The van der Waals surface area contributed by atoms with Crippen molar-refractivity contribution in [2.45, 2.75) is 25.8 Å². The molecule has 0 saturated heterocycles. The average Bonchev–Trinajstić information content (AvgIpc) is 2.85. The van der Waals surface area contributed by atoms with E-state index in [9.17, 15) is 9.59 Å². The lowest BCUT2D eigenvalue weighted by Crippen LogP contribution is -2.35. The van der Waals surface area contributed by atoms with E-state index in [4.69, 9.17) is 10.2 Å². The number of amides is 2. The Morgan fingerprint density at radius 2 is 2.11 bits per heavy atom. The van der Waals surface area contributed by atoms with Crippen molar-refractivity contribution in [1.29, 1.82) is 0 Å². The molecule has 0 spiro atoms. The second-order valence-electron chi connectivity index (χ2n) is 4.10. The van der Waals surface area contributed by atoms with Crippen LogP contribution in [0.1, 0.15) is 30.3 Å². The zero-order chi connectivity index (χ0) is 13.4. The Morgan fingerprint density at radius 1 is 1.39 bits per heavy atom. The number of carbonyl (C=O) groups is 2. The summed E-state index contributed by atoms with van der Waals surface area (Å²) in [5.41, 5.74) is 5.54. The van der Waals surface area contributed by atoms with Gasteiger partial charge in [0.05, 0.1) is 6.26 Å². The predicted octanol–water partition coefficient (Wildman–Crippen LogP) is 0.253. The van der Waals surface area contributed by atoms with Gasteiger partial charge < -0.3 is 20.8 Å². The molecule has 0 radical (unpaired) electrons.